The zero-order chi connectivity index (χ0) is 21.8. The molecule has 158 valence electrons. The number of aryl methyl sites for hydroxylation is 1. The lowest BCUT2D eigenvalue weighted by Gasteiger charge is -2.24. The Balaban J connectivity index is 1.49. The molecule has 0 radical (unpaired) electrons. The van der Waals surface area contributed by atoms with Gasteiger partial charge in [-0.2, -0.15) is 0 Å². The van der Waals surface area contributed by atoms with Gasteiger partial charge in [-0.15, -0.1) is 11.8 Å². The first-order valence-corrected chi connectivity index (χ1v) is 11.6. The molecule has 1 aliphatic rings. The van der Waals surface area contributed by atoms with Crippen molar-refractivity contribution in [2.24, 2.45) is 0 Å². The van der Waals surface area contributed by atoms with Gasteiger partial charge in [0.2, 0.25) is 11.8 Å². The molecule has 0 unspecified atom stereocenters. The molecule has 3 aromatic rings. The van der Waals surface area contributed by atoms with Crippen LogP contribution in [0.25, 0.3) is 0 Å². The van der Waals surface area contributed by atoms with Gasteiger partial charge in [0.15, 0.2) is 0 Å². The highest BCUT2D eigenvalue weighted by Gasteiger charge is 2.34. The van der Waals surface area contributed by atoms with E-state index in [4.69, 9.17) is 0 Å². The molecule has 2 amide bonds. The van der Waals surface area contributed by atoms with Gasteiger partial charge in [0.1, 0.15) is 5.37 Å². The highest BCUT2D eigenvalue weighted by atomic mass is 32.2. The van der Waals surface area contributed by atoms with E-state index in [9.17, 15) is 9.59 Å². The fourth-order valence-electron chi connectivity index (χ4n) is 3.87. The van der Waals surface area contributed by atoms with Gasteiger partial charge in [-0.05, 0) is 48.7 Å². The van der Waals surface area contributed by atoms with Crippen LogP contribution in [-0.2, 0) is 9.59 Å². The van der Waals surface area contributed by atoms with Crippen LogP contribution in [0.1, 0.15) is 41.3 Å². The van der Waals surface area contributed by atoms with Crippen molar-refractivity contribution in [3.63, 3.8) is 0 Å². The third kappa shape index (κ3) is 4.67. The maximum atomic E-state index is 12.8. The Labute approximate surface area is 187 Å². The number of hydrogen-bond acceptors (Lipinski definition) is 3. The largest absolute Gasteiger partial charge is 0.326 e. The van der Waals surface area contributed by atoms with Crippen LogP contribution in [0.15, 0.2) is 78.9 Å². The lowest BCUT2D eigenvalue weighted by atomic mass is 9.95. The molecule has 1 N–H and O–H groups in total. The van der Waals surface area contributed by atoms with E-state index in [0.717, 1.165) is 28.9 Å². The Morgan fingerprint density at radius 3 is 2.35 bits per heavy atom. The number of benzene rings is 3. The Morgan fingerprint density at radius 2 is 1.71 bits per heavy atom. The molecular formula is C26H26N2O2S. The second-order valence-corrected chi connectivity index (χ2v) is 8.81. The number of amides is 2. The molecule has 1 aliphatic heterocycles. The minimum atomic E-state index is -0.180. The summed E-state index contributed by atoms with van der Waals surface area (Å²) in [5, 5.41) is 2.98. The third-order valence-electron chi connectivity index (χ3n) is 5.57. The maximum absolute atomic E-state index is 12.8. The van der Waals surface area contributed by atoms with Gasteiger partial charge in [0.05, 0.1) is 11.7 Å². The van der Waals surface area contributed by atoms with Crippen molar-refractivity contribution in [1.82, 2.24) is 0 Å². The number of rotatable bonds is 6. The van der Waals surface area contributed by atoms with Crippen molar-refractivity contribution in [1.29, 1.82) is 0 Å². The van der Waals surface area contributed by atoms with Crippen LogP contribution in [0.5, 0.6) is 0 Å². The van der Waals surface area contributed by atoms with Crippen molar-refractivity contribution in [3.05, 3.63) is 95.6 Å². The van der Waals surface area contributed by atoms with Gasteiger partial charge in [0, 0.05) is 11.4 Å². The molecule has 1 saturated heterocycles. The van der Waals surface area contributed by atoms with Crippen LogP contribution in [0, 0.1) is 6.92 Å². The van der Waals surface area contributed by atoms with Crippen molar-refractivity contribution in [3.8, 4) is 0 Å². The number of carbonyl (C=O) groups is 2. The molecule has 3 aromatic carbocycles. The maximum Gasteiger partial charge on any atom is 0.238 e. The second kappa shape index (κ2) is 9.40. The van der Waals surface area contributed by atoms with Crippen molar-refractivity contribution < 1.29 is 9.59 Å². The minimum absolute atomic E-state index is 0.00634. The van der Waals surface area contributed by atoms with Gasteiger partial charge in [-0.25, -0.2) is 0 Å². The quantitative estimate of drug-likeness (QED) is 0.529. The Morgan fingerprint density at radius 1 is 1.03 bits per heavy atom. The fourth-order valence-corrected chi connectivity index (χ4v) is 5.05. The summed E-state index contributed by atoms with van der Waals surface area (Å²) in [6.45, 7) is 4.06. The molecule has 1 heterocycles. The zero-order valence-corrected chi connectivity index (χ0v) is 18.6. The number of carbonyl (C=O) groups excluding carboxylic acids is 2. The molecule has 0 aliphatic carbocycles. The summed E-state index contributed by atoms with van der Waals surface area (Å²) >= 11 is 1.63. The number of hydrogen-bond donors (Lipinski definition) is 1. The van der Waals surface area contributed by atoms with E-state index in [-0.39, 0.29) is 23.1 Å². The average Bonchev–Trinajstić information content (AvgIpc) is 3.17. The number of thioether (sulfide) groups is 1. The van der Waals surface area contributed by atoms with Gasteiger partial charge >= 0.3 is 0 Å². The van der Waals surface area contributed by atoms with Crippen LogP contribution in [0.3, 0.4) is 0 Å². The predicted octanol–water partition coefficient (Wildman–Crippen LogP) is 5.91. The fraction of sp³-hybridized carbons (Fsp3) is 0.231. The summed E-state index contributed by atoms with van der Waals surface area (Å²) in [6, 6.07) is 25.7. The van der Waals surface area contributed by atoms with E-state index in [1.807, 2.05) is 97.6 Å². The molecule has 0 spiro atoms. The predicted molar refractivity (Wildman–Crippen MR) is 128 cm³/mol. The summed E-state index contributed by atoms with van der Waals surface area (Å²) in [5.41, 5.74) is 4.91. The van der Waals surface area contributed by atoms with Crippen LogP contribution in [0.2, 0.25) is 0 Å². The van der Waals surface area contributed by atoms with Crippen molar-refractivity contribution in [2.75, 3.05) is 16.0 Å². The number of nitrogens with one attached hydrogen (secondary N) is 1. The summed E-state index contributed by atoms with van der Waals surface area (Å²) in [7, 11) is 0. The molecule has 4 rings (SSSR count). The Hall–Kier alpha value is -3.05. The van der Waals surface area contributed by atoms with E-state index >= 15 is 0 Å². The molecular weight excluding hydrogens is 404 g/mol. The molecule has 4 nitrogen and oxygen atoms in total. The van der Waals surface area contributed by atoms with E-state index < -0.39 is 0 Å². The summed E-state index contributed by atoms with van der Waals surface area (Å²) in [6.07, 6.45) is 0.736. The minimum Gasteiger partial charge on any atom is -0.326 e. The van der Waals surface area contributed by atoms with E-state index in [2.05, 4.69) is 5.32 Å². The average molecular weight is 431 g/mol. The second-order valence-electron chi connectivity index (χ2n) is 7.75. The third-order valence-corrected chi connectivity index (χ3v) is 6.78. The van der Waals surface area contributed by atoms with Gasteiger partial charge in [0.25, 0.3) is 0 Å². The van der Waals surface area contributed by atoms with Crippen LogP contribution >= 0.6 is 11.8 Å². The van der Waals surface area contributed by atoms with Gasteiger partial charge < -0.3 is 5.32 Å². The summed E-state index contributed by atoms with van der Waals surface area (Å²) in [4.78, 5) is 27.2. The van der Waals surface area contributed by atoms with Crippen LogP contribution < -0.4 is 10.2 Å². The zero-order valence-electron chi connectivity index (χ0n) is 17.7. The molecule has 0 aromatic heterocycles. The summed E-state index contributed by atoms with van der Waals surface area (Å²) < 4.78 is 0. The SMILES string of the molecule is CC[C@@H](C(=O)Nc1ccc([C@H]2SCC(=O)N2c2ccc(C)cc2)cc1)c1ccccc1. The lowest BCUT2D eigenvalue weighted by molar-refractivity contribution is -0.118. The molecule has 5 heteroatoms. The first-order chi connectivity index (χ1) is 15.1. The summed E-state index contributed by atoms with van der Waals surface area (Å²) in [5.74, 6) is 0.394. The van der Waals surface area contributed by atoms with Crippen LogP contribution in [-0.4, -0.2) is 17.6 Å². The molecule has 31 heavy (non-hydrogen) atoms. The van der Waals surface area contributed by atoms with Crippen LogP contribution in [0.4, 0.5) is 11.4 Å². The van der Waals surface area contributed by atoms with E-state index in [1.54, 1.807) is 11.8 Å². The standard InChI is InChI=1S/C26H26N2O2S/c1-3-23(19-7-5-4-6-8-19)25(30)27-21-13-11-20(12-14-21)26-28(24(29)17-31-26)22-15-9-18(2)10-16-22/h4-16,23,26H,3,17H2,1-2H3,(H,27,30)/t23-,26-/m1/s1. The Bertz CT molecular complexity index is 1050. The normalized spacial score (nSPS) is 16.9. The number of nitrogens with zero attached hydrogens (tertiary/aromatic N) is 1. The number of anilines is 2. The smallest absolute Gasteiger partial charge is 0.238 e. The highest BCUT2D eigenvalue weighted by Crippen LogP contribution is 2.42. The highest BCUT2D eigenvalue weighted by molar-refractivity contribution is 8.00. The molecule has 2 atom stereocenters. The van der Waals surface area contributed by atoms with E-state index in [0.29, 0.717) is 5.75 Å². The topological polar surface area (TPSA) is 49.4 Å². The Kier molecular flexibility index (Phi) is 6.42. The first kappa shape index (κ1) is 21.2. The monoisotopic (exact) mass is 430 g/mol. The van der Waals surface area contributed by atoms with Gasteiger partial charge in [-0.3, -0.25) is 14.5 Å². The molecule has 0 bridgehead atoms. The van der Waals surface area contributed by atoms with Crippen molar-refractivity contribution >= 4 is 35.0 Å². The molecule has 1 fully saturated rings. The lowest BCUT2D eigenvalue weighted by Crippen LogP contribution is -2.27. The van der Waals surface area contributed by atoms with E-state index in [1.165, 1.54) is 5.56 Å². The molecule has 0 saturated carbocycles. The van der Waals surface area contributed by atoms with Gasteiger partial charge in [-0.1, -0.05) is 67.1 Å². The van der Waals surface area contributed by atoms with Crippen molar-refractivity contribution in [2.45, 2.75) is 31.6 Å². The first-order valence-electron chi connectivity index (χ1n) is 10.5.